The minimum Gasteiger partial charge on any atom is -0.340 e. The highest BCUT2D eigenvalue weighted by atomic mass is 32.1. The number of thiophene rings is 1. The number of carbonyl (C=O) groups excluding carboxylic acids is 3. The van der Waals surface area contributed by atoms with Gasteiger partial charge in [0, 0.05) is 11.8 Å². The molecule has 6 heteroatoms. The molecule has 1 atom stereocenters. The molecule has 90 valence electrons. The highest BCUT2D eigenvalue weighted by Gasteiger charge is 2.28. The van der Waals surface area contributed by atoms with E-state index in [0.717, 1.165) is 5.56 Å². The predicted octanol–water partition coefficient (Wildman–Crippen LogP) is 0.592. The maximum absolute atomic E-state index is 11.9. The molecule has 0 saturated carbocycles. The zero-order chi connectivity index (χ0) is 12.4. The van der Waals surface area contributed by atoms with Crippen LogP contribution in [0.1, 0.15) is 28.8 Å². The molecule has 3 amide bonds. The van der Waals surface area contributed by atoms with Gasteiger partial charge in [0.15, 0.2) is 0 Å². The summed E-state index contributed by atoms with van der Waals surface area (Å²) in [5, 5.41) is 8.46. The van der Waals surface area contributed by atoms with Crippen molar-refractivity contribution >= 4 is 29.1 Å². The molecular formula is C11H12N2O3S. The Morgan fingerprint density at radius 2 is 2.24 bits per heavy atom. The fraction of sp³-hybridized carbons (Fsp3) is 0.364. The van der Waals surface area contributed by atoms with Gasteiger partial charge >= 0.3 is 0 Å². The Balaban J connectivity index is 2.02. The van der Waals surface area contributed by atoms with E-state index >= 15 is 0 Å². The Bertz CT molecular complexity index is 481. The Kier molecular flexibility index (Phi) is 3.23. The van der Waals surface area contributed by atoms with Crippen LogP contribution in [-0.2, 0) is 9.59 Å². The van der Waals surface area contributed by atoms with Gasteiger partial charge in [-0.15, -0.1) is 0 Å². The molecule has 1 unspecified atom stereocenters. The van der Waals surface area contributed by atoms with Crippen LogP contribution in [0.5, 0.6) is 0 Å². The Morgan fingerprint density at radius 1 is 1.47 bits per heavy atom. The quantitative estimate of drug-likeness (QED) is 0.756. The van der Waals surface area contributed by atoms with Gasteiger partial charge in [-0.3, -0.25) is 19.7 Å². The smallest absolute Gasteiger partial charge is 0.253 e. The van der Waals surface area contributed by atoms with Crippen LogP contribution in [0.15, 0.2) is 10.8 Å². The summed E-state index contributed by atoms with van der Waals surface area (Å²) in [6, 6.07) is -0.612. The van der Waals surface area contributed by atoms with Crippen molar-refractivity contribution in [1.82, 2.24) is 10.6 Å². The number of piperidine rings is 1. The van der Waals surface area contributed by atoms with Crippen LogP contribution in [0.2, 0.25) is 0 Å². The molecule has 2 heterocycles. The number of nitrogens with one attached hydrogen (secondary N) is 2. The van der Waals surface area contributed by atoms with E-state index in [-0.39, 0.29) is 18.2 Å². The molecule has 2 N–H and O–H groups in total. The number of hydrogen-bond donors (Lipinski definition) is 2. The van der Waals surface area contributed by atoms with Crippen LogP contribution in [0.25, 0.3) is 0 Å². The number of rotatable bonds is 2. The van der Waals surface area contributed by atoms with Gasteiger partial charge in [-0.25, -0.2) is 0 Å². The summed E-state index contributed by atoms with van der Waals surface area (Å²) in [7, 11) is 0. The lowest BCUT2D eigenvalue weighted by Gasteiger charge is -2.21. The SMILES string of the molecule is Cc1cscc1C(=O)NC1CCC(=O)NC1=O. The number of carbonyl (C=O) groups is 3. The highest BCUT2D eigenvalue weighted by molar-refractivity contribution is 7.08. The van der Waals surface area contributed by atoms with E-state index in [9.17, 15) is 14.4 Å². The average molecular weight is 252 g/mol. The maximum atomic E-state index is 11.9. The third-order valence-electron chi connectivity index (χ3n) is 2.64. The zero-order valence-electron chi connectivity index (χ0n) is 9.28. The summed E-state index contributed by atoms with van der Waals surface area (Å²) in [6.45, 7) is 1.84. The van der Waals surface area contributed by atoms with Crippen molar-refractivity contribution in [2.45, 2.75) is 25.8 Å². The fourth-order valence-corrected chi connectivity index (χ4v) is 2.49. The van der Waals surface area contributed by atoms with Gasteiger partial charge < -0.3 is 5.32 Å². The first kappa shape index (κ1) is 11.8. The van der Waals surface area contributed by atoms with Crippen molar-refractivity contribution < 1.29 is 14.4 Å². The summed E-state index contributed by atoms with van der Waals surface area (Å²) in [5.74, 6) is -0.979. The second kappa shape index (κ2) is 4.67. The number of hydrogen-bond acceptors (Lipinski definition) is 4. The molecule has 1 aromatic rings. The van der Waals surface area contributed by atoms with Crippen molar-refractivity contribution in [2.24, 2.45) is 0 Å². The third kappa shape index (κ3) is 2.52. The van der Waals surface area contributed by atoms with E-state index in [4.69, 9.17) is 0 Å². The first-order valence-electron chi connectivity index (χ1n) is 5.25. The average Bonchev–Trinajstić information content (AvgIpc) is 2.68. The van der Waals surface area contributed by atoms with Gasteiger partial charge in [0.1, 0.15) is 6.04 Å². The number of aryl methyl sites for hydroxylation is 1. The largest absolute Gasteiger partial charge is 0.340 e. The van der Waals surface area contributed by atoms with Gasteiger partial charge in [-0.05, 0) is 24.3 Å². The zero-order valence-corrected chi connectivity index (χ0v) is 10.1. The van der Waals surface area contributed by atoms with Crippen LogP contribution < -0.4 is 10.6 Å². The van der Waals surface area contributed by atoms with Crippen LogP contribution >= 0.6 is 11.3 Å². The molecule has 0 bridgehead atoms. The Labute approximate surface area is 102 Å². The Morgan fingerprint density at radius 3 is 2.82 bits per heavy atom. The summed E-state index contributed by atoms with van der Waals surface area (Å²) >= 11 is 1.44. The van der Waals surface area contributed by atoms with Crippen LogP contribution in [-0.4, -0.2) is 23.8 Å². The van der Waals surface area contributed by atoms with Gasteiger partial charge in [-0.1, -0.05) is 0 Å². The van der Waals surface area contributed by atoms with Crippen molar-refractivity contribution in [3.8, 4) is 0 Å². The summed E-state index contributed by atoms with van der Waals surface area (Å²) in [6.07, 6.45) is 0.624. The molecule has 1 aliphatic rings. The van der Waals surface area contributed by atoms with E-state index < -0.39 is 11.9 Å². The van der Waals surface area contributed by atoms with Crippen molar-refractivity contribution in [2.75, 3.05) is 0 Å². The highest BCUT2D eigenvalue weighted by Crippen LogP contribution is 2.14. The lowest BCUT2D eigenvalue weighted by Crippen LogP contribution is -2.52. The predicted molar refractivity (Wildman–Crippen MR) is 62.7 cm³/mol. The second-order valence-corrected chi connectivity index (χ2v) is 4.69. The minimum atomic E-state index is -0.612. The molecule has 1 aliphatic heterocycles. The van der Waals surface area contributed by atoms with Gasteiger partial charge in [0.2, 0.25) is 11.8 Å². The van der Waals surface area contributed by atoms with Crippen LogP contribution in [0.4, 0.5) is 0 Å². The van der Waals surface area contributed by atoms with Crippen LogP contribution in [0.3, 0.4) is 0 Å². The molecule has 2 rings (SSSR count). The fourth-order valence-electron chi connectivity index (χ4n) is 1.66. The van der Waals surface area contributed by atoms with E-state index in [2.05, 4.69) is 10.6 Å². The first-order valence-corrected chi connectivity index (χ1v) is 6.19. The summed E-state index contributed by atoms with van der Waals surface area (Å²) < 4.78 is 0. The lowest BCUT2D eigenvalue weighted by molar-refractivity contribution is -0.134. The number of amides is 3. The molecule has 1 fully saturated rings. The maximum Gasteiger partial charge on any atom is 0.253 e. The van der Waals surface area contributed by atoms with Crippen molar-refractivity contribution in [1.29, 1.82) is 0 Å². The number of imide groups is 1. The first-order chi connectivity index (χ1) is 8.08. The molecule has 0 aromatic carbocycles. The Hall–Kier alpha value is -1.69. The molecule has 0 aliphatic carbocycles. The molecule has 1 saturated heterocycles. The molecular weight excluding hydrogens is 240 g/mol. The van der Waals surface area contributed by atoms with E-state index in [1.165, 1.54) is 11.3 Å². The van der Waals surface area contributed by atoms with Crippen molar-refractivity contribution in [3.05, 3.63) is 21.9 Å². The molecule has 0 spiro atoms. The van der Waals surface area contributed by atoms with Gasteiger partial charge in [0.25, 0.3) is 5.91 Å². The van der Waals surface area contributed by atoms with E-state index in [0.29, 0.717) is 12.0 Å². The van der Waals surface area contributed by atoms with E-state index in [1.807, 2.05) is 12.3 Å². The third-order valence-corrected chi connectivity index (χ3v) is 3.51. The minimum absolute atomic E-state index is 0.263. The van der Waals surface area contributed by atoms with Crippen molar-refractivity contribution in [3.63, 3.8) is 0 Å². The second-order valence-electron chi connectivity index (χ2n) is 3.95. The van der Waals surface area contributed by atoms with Crippen LogP contribution in [0, 0.1) is 6.92 Å². The standard InChI is InChI=1S/C11H12N2O3S/c1-6-4-17-5-7(6)10(15)12-8-2-3-9(14)13-11(8)16/h4-5,8H,2-3H2,1H3,(H,12,15)(H,13,14,16). The molecule has 5 nitrogen and oxygen atoms in total. The van der Waals surface area contributed by atoms with E-state index in [1.54, 1.807) is 5.38 Å². The van der Waals surface area contributed by atoms with Gasteiger partial charge in [0.05, 0.1) is 5.56 Å². The van der Waals surface area contributed by atoms with Gasteiger partial charge in [-0.2, -0.15) is 11.3 Å². The lowest BCUT2D eigenvalue weighted by atomic mass is 10.1. The molecule has 1 aromatic heterocycles. The monoisotopic (exact) mass is 252 g/mol. The summed E-state index contributed by atoms with van der Waals surface area (Å²) in [4.78, 5) is 34.2. The summed E-state index contributed by atoms with van der Waals surface area (Å²) in [5.41, 5.74) is 1.47. The topological polar surface area (TPSA) is 75.3 Å². The molecule has 17 heavy (non-hydrogen) atoms. The normalized spacial score (nSPS) is 19.9. The molecule has 0 radical (unpaired) electrons.